The molecule has 4 aromatic rings. The molecule has 1 aliphatic rings. The Morgan fingerprint density at radius 2 is 1.03 bits per heavy atom. The average molecular weight is 514 g/mol. The number of nitrogens with zero attached hydrogens (tertiary/aromatic N) is 4. The maximum atomic E-state index is 6.23. The molecule has 1 aliphatic carbocycles. The third kappa shape index (κ3) is 3.74. The van der Waals surface area contributed by atoms with Crippen LogP contribution in [0.15, 0.2) is 47.2 Å². The minimum Gasteiger partial charge on any atom is -0.223 e. The van der Waals surface area contributed by atoms with Crippen LogP contribution in [0.25, 0.3) is 0 Å². The van der Waals surface area contributed by atoms with Crippen molar-refractivity contribution in [3.63, 3.8) is 0 Å². The molecule has 152 valence electrons. The lowest BCUT2D eigenvalue weighted by molar-refractivity contribution is 0.226. The molecule has 1 fully saturated rings. The fraction of sp³-hybridized carbons (Fsp3) is 0.200. The molecule has 0 radical (unpaired) electrons. The Morgan fingerprint density at radius 1 is 0.600 bits per heavy atom. The summed E-state index contributed by atoms with van der Waals surface area (Å²) in [5.74, 6) is 0.331. The van der Waals surface area contributed by atoms with Crippen molar-refractivity contribution in [2.45, 2.75) is 23.7 Å². The molecule has 0 unspecified atom stereocenters. The van der Waals surface area contributed by atoms with E-state index in [1.807, 2.05) is 12.1 Å². The van der Waals surface area contributed by atoms with E-state index >= 15 is 0 Å². The highest BCUT2D eigenvalue weighted by molar-refractivity contribution is 7.10. The number of rotatable bonds is 4. The Hall–Kier alpha value is -1.28. The smallest absolute Gasteiger partial charge is 0.223 e. The molecular weight excluding hydrogens is 502 g/mol. The third-order valence-electron chi connectivity index (χ3n) is 5.35. The first kappa shape index (κ1) is 20.6. The molecular formula is C20H12Cl4N4S2. The molecule has 0 bridgehead atoms. The van der Waals surface area contributed by atoms with Gasteiger partial charge in [0.25, 0.3) is 0 Å². The van der Waals surface area contributed by atoms with Crippen molar-refractivity contribution in [2.24, 2.45) is 0 Å². The molecule has 0 saturated heterocycles. The van der Waals surface area contributed by atoms with Crippen LogP contribution in [0.3, 0.4) is 0 Å². The number of thiophene rings is 2. The summed E-state index contributed by atoms with van der Waals surface area (Å²) < 4.78 is 0. The fourth-order valence-electron chi connectivity index (χ4n) is 4.31. The highest BCUT2D eigenvalue weighted by Crippen LogP contribution is 2.67. The van der Waals surface area contributed by atoms with Crippen molar-refractivity contribution in [3.05, 3.63) is 89.2 Å². The van der Waals surface area contributed by atoms with E-state index in [9.17, 15) is 0 Å². The first-order valence-corrected chi connectivity index (χ1v) is 12.2. The summed E-state index contributed by atoms with van der Waals surface area (Å²) in [7, 11) is 0. The van der Waals surface area contributed by atoms with E-state index in [4.69, 9.17) is 46.4 Å². The van der Waals surface area contributed by atoms with Gasteiger partial charge in [-0.05, 0) is 58.2 Å². The van der Waals surface area contributed by atoms with Crippen LogP contribution in [0.2, 0.25) is 20.9 Å². The van der Waals surface area contributed by atoms with Gasteiger partial charge in [0.05, 0.1) is 11.4 Å². The van der Waals surface area contributed by atoms with Crippen LogP contribution in [0.4, 0.5) is 0 Å². The number of aromatic nitrogens is 4. The van der Waals surface area contributed by atoms with E-state index in [-0.39, 0.29) is 34.2 Å². The maximum Gasteiger partial charge on any atom is 0.224 e. The monoisotopic (exact) mass is 512 g/mol. The van der Waals surface area contributed by atoms with Crippen LogP contribution < -0.4 is 0 Å². The molecule has 0 spiro atoms. The first-order valence-electron chi connectivity index (χ1n) is 8.98. The van der Waals surface area contributed by atoms with E-state index in [0.29, 0.717) is 10.3 Å². The first-order chi connectivity index (χ1) is 14.5. The highest BCUT2D eigenvalue weighted by atomic mass is 35.5. The predicted octanol–water partition coefficient (Wildman–Crippen LogP) is 7.45. The molecule has 30 heavy (non-hydrogen) atoms. The van der Waals surface area contributed by atoms with Gasteiger partial charge in [-0.1, -0.05) is 35.3 Å². The largest absolute Gasteiger partial charge is 0.224 e. The molecule has 0 aliphatic heterocycles. The zero-order chi connectivity index (χ0) is 20.8. The molecule has 4 nitrogen and oxygen atoms in total. The SMILES string of the molecule is Clc1cc(C2C(c3cccs3)C(c3cc(Cl)nc(Cl)n3)C2c2cccs2)nc(Cl)n1. The topological polar surface area (TPSA) is 51.6 Å². The zero-order valence-electron chi connectivity index (χ0n) is 15.0. The summed E-state index contributed by atoms with van der Waals surface area (Å²) in [6.45, 7) is 0. The van der Waals surface area contributed by atoms with Gasteiger partial charge in [-0.25, -0.2) is 19.9 Å². The van der Waals surface area contributed by atoms with E-state index in [1.165, 1.54) is 9.75 Å². The maximum absolute atomic E-state index is 6.23. The van der Waals surface area contributed by atoms with Gasteiger partial charge in [0.1, 0.15) is 10.3 Å². The van der Waals surface area contributed by atoms with Gasteiger partial charge < -0.3 is 0 Å². The third-order valence-corrected chi connectivity index (χ3v) is 8.02. The summed E-state index contributed by atoms with van der Waals surface area (Å²) in [5.41, 5.74) is 1.64. The molecule has 0 atom stereocenters. The van der Waals surface area contributed by atoms with E-state index in [0.717, 1.165) is 11.4 Å². The lowest BCUT2D eigenvalue weighted by atomic mass is 9.53. The van der Waals surface area contributed by atoms with Gasteiger partial charge in [-0.15, -0.1) is 22.7 Å². The van der Waals surface area contributed by atoms with Crippen LogP contribution in [-0.4, -0.2) is 19.9 Å². The second-order valence-corrected chi connectivity index (χ2v) is 10.3. The normalized spacial score (nSPS) is 23.3. The Bertz CT molecular complexity index is 1040. The minimum absolute atomic E-state index is 0.0535. The molecule has 0 N–H and O–H groups in total. The van der Waals surface area contributed by atoms with Gasteiger partial charge >= 0.3 is 0 Å². The lowest BCUT2D eigenvalue weighted by Crippen LogP contribution is -2.40. The predicted molar refractivity (Wildman–Crippen MR) is 124 cm³/mol. The molecule has 1 saturated carbocycles. The molecule has 0 amide bonds. The van der Waals surface area contributed by atoms with Gasteiger partial charge in [0.2, 0.25) is 10.6 Å². The number of hydrogen-bond donors (Lipinski definition) is 0. The van der Waals surface area contributed by atoms with Crippen LogP contribution in [0.1, 0.15) is 44.8 Å². The molecule has 5 rings (SSSR count). The second kappa shape index (κ2) is 8.34. The van der Waals surface area contributed by atoms with Crippen molar-refractivity contribution in [1.82, 2.24) is 19.9 Å². The molecule has 0 aromatic carbocycles. The lowest BCUT2D eigenvalue weighted by Gasteiger charge is -2.51. The Kier molecular flexibility index (Phi) is 5.73. The summed E-state index contributed by atoms with van der Waals surface area (Å²) >= 11 is 28.2. The van der Waals surface area contributed by atoms with Gasteiger partial charge in [0.15, 0.2) is 0 Å². The summed E-state index contributed by atoms with van der Waals surface area (Å²) in [5, 5.41) is 5.09. The van der Waals surface area contributed by atoms with E-state index < -0.39 is 0 Å². The minimum atomic E-state index is 0.0535. The second-order valence-electron chi connectivity index (χ2n) is 6.90. The van der Waals surface area contributed by atoms with E-state index in [2.05, 4.69) is 42.8 Å². The quantitative estimate of drug-likeness (QED) is 0.210. The van der Waals surface area contributed by atoms with Crippen LogP contribution in [-0.2, 0) is 0 Å². The zero-order valence-corrected chi connectivity index (χ0v) is 19.7. The summed E-state index contributed by atoms with van der Waals surface area (Å²) in [6.07, 6.45) is 0. The van der Waals surface area contributed by atoms with E-state index in [1.54, 1.807) is 34.8 Å². The summed E-state index contributed by atoms with van der Waals surface area (Å²) in [4.78, 5) is 19.6. The Morgan fingerprint density at radius 3 is 1.37 bits per heavy atom. The van der Waals surface area contributed by atoms with Crippen LogP contribution in [0.5, 0.6) is 0 Å². The van der Waals surface area contributed by atoms with Gasteiger partial charge in [-0.2, -0.15) is 0 Å². The fourth-order valence-corrected chi connectivity index (χ4v) is 7.00. The highest BCUT2D eigenvalue weighted by Gasteiger charge is 2.55. The van der Waals surface area contributed by atoms with Crippen LogP contribution >= 0.6 is 69.1 Å². The standard InChI is InChI=1S/C20H12Cl4N4S2/c21-13-7-9(25-19(23)27-13)15-17(11-3-1-5-29-11)16(18(15)12-4-2-6-30-12)10-8-14(22)28-20(24)26-10/h1-8,15-18H. The molecule has 10 heteroatoms. The van der Waals surface area contributed by atoms with Crippen molar-refractivity contribution >= 4 is 69.1 Å². The van der Waals surface area contributed by atoms with Crippen molar-refractivity contribution in [2.75, 3.05) is 0 Å². The van der Waals surface area contributed by atoms with Crippen molar-refractivity contribution in [1.29, 1.82) is 0 Å². The molecule has 4 heterocycles. The van der Waals surface area contributed by atoms with Crippen LogP contribution in [0, 0.1) is 0 Å². The number of halogens is 4. The average Bonchev–Trinajstić information content (AvgIpc) is 3.33. The Labute approximate surface area is 200 Å². The summed E-state index contributed by atoms with van der Waals surface area (Å²) in [6, 6.07) is 12.0. The van der Waals surface area contributed by atoms with Gasteiger partial charge in [0, 0.05) is 33.4 Å². The van der Waals surface area contributed by atoms with Gasteiger partial charge in [-0.3, -0.25) is 0 Å². The molecule has 4 aromatic heterocycles. The Balaban J connectivity index is 1.70. The van der Waals surface area contributed by atoms with Crippen molar-refractivity contribution in [3.8, 4) is 0 Å². The number of hydrogen-bond acceptors (Lipinski definition) is 6. The van der Waals surface area contributed by atoms with Crippen molar-refractivity contribution < 1.29 is 0 Å².